The molecule has 0 spiro atoms. The van der Waals surface area contributed by atoms with Crippen LogP contribution < -0.4 is 4.43 Å². The lowest BCUT2D eigenvalue weighted by molar-refractivity contribution is 0.477. The number of benzene rings is 1. The summed E-state index contributed by atoms with van der Waals surface area (Å²) in [7, 11) is -1.84. The van der Waals surface area contributed by atoms with Crippen LogP contribution in [0.3, 0.4) is 0 Å². The van der Waals surface area contributed by atoms with Crippen LogP contribution in [0.15, 0.2) is 24.3 Å². The van der Waals surface area contributed by atoms with E-state index in [1.54, 1.807) is 0 Å². The topological polar surface area (TPSA) is 9.23 Å². The summed E-state index contributed by atoms with van der Waals surface area (Å²) in [6, 6.07) is 9.27. The first-order chi connectivity index (χ1) is 12.9. The van der Waals surface area contributed by atoms with Crippen LogP contribution in [-0.4, -0.2) is 8.32 Å². The molecule has 0 aliphatic rings. The number of hydrogen-bond donors (Lipinski definition) is 1. The molecular formula is C24H38OS2Si. The van der Waals surface area contributed by atoms with Crippen molar-refractivity contribution in [1.82, 2.24) is 0 Å². The van der Waals surface area contributed by atoms with Crippen LogP contribution in [0.1, 0.15) is 73.9 Å². The van der Waals surface area contributed by atoms with Gasteiger partial charge in [0.15, 0.2) is 0 Å². The van der Waals surface area contributed by atoms with Gasteiger partial charge in [0.05, 0.1) is 0 Å². The van der Waals surface area contributed by atoms with E-state index in [0.29, 0.717) is 0 Å². The lowest BCUT2D eigenvalue weighted by Gasteiger charge is -2.37. The van der Waals surface area contributed by atoms with E-state index in [2.05, 4.69) is 98.5 Å². The van der Waals surface area contributed by atoms with Crippen molar-refractivity contribution in [2.75, 3.05) is 0 Å². The molecule has 0 aliphatic carbocycles. The predicted octanol–water partition coefficient (Wildman–Crippen LogP) is 8.28. The minimum atomic E-state index is -1.84. The molecule has 28 heavy (non-hydrogen) atoms. The molecule has 1 aromatic carbocycles. The van der Waals surface area contributed by atoms with E-state index in [1.807, 2.05) is 11.3 Å². The average molecular weight is 435 g/mol. The summed E-state index contributed by atoms with van der Waals surface area (Å²) in [6.45, 7) is 20.5. The summed E-state index contributed by atoms with van der Waals surface area (Å²) in [5, 5.41) is 0.201. The summed E-state index contributed by atoms with van der Waals surface area (Å²) < 4.78 is 6.61. The molecule has 0 fully saturated rings. The Kier molecular flexibility index (Phi) is 7.21. The Bertz CT molecular complexity index is 810. The van der Waals surface area contributed by atoms with E-state index in [4.69, 9.17) is 4.43 Å². The Balaban J connectivity index is 2.48. The van der Waals surface area contributed by atoms with Crippen molar-refractivity contribution in [2.45, 2.75) is 90.6 Å². The molecule has 0 saturated heterocycles. The van der Waals surface area contributed by atoms with Gasteiger partial charge in [-0.3, -0.25) is 0 Å². The Morgan fingerprint density at radius 2 is 1.61 bits per heavy atom. The Morgan fingerprint density at radius 3 is 2.04 bits per heavy atom. The highest BCUT2D eigenvalue weighted by Gasteiger charge is 2.39. The molecule has 0 aliphatic heterocycles. The molecule has 0 bridgehead atoms. The first kappa shape index (κ1) is 23.6. The van der Waals surface area contributed by atoms with E-state index >= 15 is 0 Å². The molecular weight excluding hydrogens is 396 g/mol. The minimum absolute atomic E-state index is 0.0664. The lowest BCUT2D eigenvalue weighted by atomic mass is 9.74. The standard InChI is InChI=1S/C24H38OS2Si/c1-10-24(11-2,22-15-18(4)21(16-26)27-22)19-12-13-20(17(3)14-19)25-28(8,9)23(5,6)7/h12-15,26H,10-11,16H2,1-9H3. The monoisotopic (exact) mass is 434 g/mol. The SMILES string of the molecule is CCC(CC)(c1ccc(O[Si](C)(C)C(C)(C)C)c(C)c1)c1cc(C)c(CS)s1. The number of rotatable bonds is 7. The van der Waals surface area contributed by atoms with Crippen molar-refractivity contribution in [2.24, 2.45) is 0 Å². The molecule has 1 nitrogen and oxygen atoms in total. The van der Waals surface area contributed by atoms with Crippen LogP contribution in [0.25, 0.3) is 0 Å². The van der Waals surface area contributed by atoms with Crippen molar-refractivity contribution in [3.8, 4) is 5.75 Å². The highest BCUT2D eigenvalue weighted by molar-refractivity contribution is 7.79. The third-order valence-corrected chi connectivity index (χ3v) is 13.1. The maximum absolute atomic E-state index is 6.61. The molecule has 0 N–H and O–H groups in total. The van der Waals surface area contributed by atoms with Crippen LogP contribution in [0.2, 0.25) is 18.1 Å². The van der Waals surface area contributed by atoms with Gasteiger partial charge in [-0.25, -0.2) is 0 Å². The van der Waals surface area contributed by atoms with E-state index in [0.717, 1.165) is 24.3 Å². The fourth-order valence-electron chi connectivity index (χ4n) is 3.55. The van der Waals surface area contributed by atoms with Crippen LogP contribution in [0.5, 0.6) is 5.75 Å². The van der Waals surface area contributed by atoms with Gasteiger partial charge in [0.25, 0.3) is 0 Å². The Hall–Kier alpha value is -0.713. The number of hydrogen-bond acceptors (Lipinski definition) is 3. The molecule has 2 aromatic rings. The summed E-state index contributed by atoms with van der Waals surface area (Å²) in [6.07, 6.45) is 2.19. The molecule has 0 saturated carbocycles. The van der Waals surface area contributed by atoms with E-state index in [-0.39, 0.29) is 10.5 Å². The fraction of sp³-hybridized carbons (Fsp3) is 0.583. The summed E-state index contributed by atoms with van der Waals surface area (Å²) in [4.78, 5) is 2.86. The zero-order valence-corrected chi connectivity index (χ0v) is 21.9. The molecule has 4 heteroatoms. The smallest absolute Gasteiger partial charge is 0.250 e. The summed E-state index contributed by atoms with van der Waals surface area (Å²) in [5.74, 6) is 1.87. The quantitative estimate of drug-likeness (QED) is 0.340. The van der Waals surface area contributed by atoms with Crippen LogP contribution >= 0.6 is 24.0 Å². The van der Waals surface area contributed by atoms with Crippen molar-refractivity contribution < 1.29 is 4.43 Å². The first-order valence-electron chi connectivity index (χ1n) is 10.4. The van der Waals surface area contributed by atoms with Crippen LogP contribution in [-0.2, 0) is 11.2 Å². The molecule has 156 valence electrons. The third kappa shape index (κ3) is 4.39. The van der Waals surface area contributed by atoms with Crippen molar-refractivity contribution >= 4 is 32.3 Å². The highest BCUT2D eigenvalue weighted by atomic mass is 32.1. The second kappa shape index (κ2) is 8.57. The number of aryl methyl sites for hydroxylation is 2. The van der Waals surface area contributed by atoms with Crippen LogP contribution in [0.4, 0.5) is 0 Å². The van der Waals surface area contributed by atoms with Gasteiger partial charge in [-0.2, -0.15) is 12.6 Å². The lowest BCUT2D eigenvalue weighted by Crippen LogP contribution is -2.44. The summed E-state index contributed by atoms with van der Waals surface area (Å²) in [5.41, 5.74) is 4.09. The second-order valence-corrected chi connectivity index (χ2v) is 15.7. The van der Waals surface area contributed by atoms with E-state index < -0.39 is 8.32 Å². The maximum Gasteiger partial charge on any atom is 0.250 e. The Labute approximate surface area is 183 Å². The van der Waals surface area contributed by atoms with Gasteiger partial charge in [-0.1, -0.05) is 46.8 Å². The van der Waals surface area contributed by atoms with Gasteiger partial charge < -0.3 is 4.43 Å². The highest BCUT2D eigenvalue weighted by Crippen LogP contribution is 2.45. The molecule has 0 unspecified atom stereocenters. The van der Waals surface area contributed by atoms with Gasteiger partial charge in [-0.05, 0) is 73.6 Å². The Morgan fingerprint density at radius 1 is 1.00 bits per heavy atom. The van der Waals surface area contributed by atoms with Gasteiger partial charge >= 0.3 is 0 Å². The minimum Gasteiger partial charge on any atom is -0.543 e. The third-order valence-electron chi connectivity index (χ3n) is 6.74. The van der Waals surface area contributed by atoms with Crippen molar-refractivity contribution in [3.63, 3.8) is 0 Å². The van der Waals surface area contributed by atoms with Gasteiger partial charge in [-0.15, -0.1) is 11.3 Å². The number of thiol groups is 1. The normalized spacial score (nSPS) is 13.1. The van der Waals surface area contributed by atoms with Crippen LogP contribution in [0, 0.1) is 13.8 Å². The van der Waals surface area contributed by atoms with Gasteiger partial charge in [0.1, 0.15) is 5.75 Å². The van der Waals surface area contributed by atoms with E-state index in [9.17, 15) is 0 Å². The van der Waals surface area contributed by atoms with Crippen molar-refractivity contribution in [1.29, 1.82) is 0 Å². The van der Waals surface area contributed by atoms with Gasteiger partial charge in [0, 0.05) is 20.9 Å². The maximum atomic E-state index is 6.61. The zero-order chi connectivity index (χ0) is 21.3. The van der Waals surface area contributed by atoms with Crippen molar-refractivity contribution in [3.05, 3.63) is 50.7 Å². The fourth-order valence-corrected chi connectivity index (χ4v) is 6.47. The molecule has 0 radical (unpaired) electrons. The van der Waals surface area contributed by atoms with Gasteiger partial charge in [0.2, 0.25) is 8.32 Å². The molecule has 0 amide bonds. The zero-order valence-electron chi connectivity index (χ0n) is 19.2. The second-order valence-electron chi connectivity index (χ2n) is 9.51. The molecule has 0 atom stereocenters. The average Bonchev–Trinajstić information content (AvgIpc) is 2.99. The predicted molar refractivity (Wildman–Crippen MR) is 132 cm³/mol. The molecule has 1 aromatic heterocycles. The number of thiophene rings is 1. The molecule has 1 heterocycles. The van der Waals surface area contributed by atoms with E-state index in [1.165, 1.54) is 26.4 Å². The first-order valence-corrected chi connectivity index (χ1v) is 14.8. The largest absolute Gasteiger partial charge is 0.543 e. The molecule has 2 rings (SSSR count). The summed E-state index contributed by atoms with van der Waals surface area (Å²) >= 11 is 6.46.